The van der Waals surface area contributed by atoms with Crippen molar-refractivity contribution >= 4 is 5.69 Å². The Bertz CT molecular complexity index is 276. The molecule has 0 bridgehead atoms. The Balaban J connectivity index is 0. The molecule has 0 spiro atoms. The number of anilines is 1. The molecule has 0 aliphatic heterocycles. The standard InChI is InChI=1S/C12H17N.CH4.Y/c1-5-13-11-8-6-7-10(9-11)12(2,3)4;;/h6-7,9,13H,1,5H2,2-4H3;1H4;/q-2;;. The minimum atomic E-state index is 0. The van der Waals surface area contributed by atoms with E-state index >= 15 is 0 Å². The molecule has 0 aliphatic rings. The quantitative estimate of drug-likeness (QED) is 0.815. The van der Waals surface area contributed by atoms with E-state index in [-0.39, 0.29) is 45.6 Å². The molecule has 1 radical (unpaired) electrons. The number of hydrogen-bond acceptors (Lipinski definition) is 1. The van der Waals surface area contributed by atoms with Crippen molar-refractivity contribution in [1.29, 1.82) is 0 Å². The zero-order valence-electron chi connectivity index (χ0n) is 9.22. The molecule has 0 aliphatic carbocycles. The molecule has 1 aromatic rings. The third-order valence-corrected chi connectivity index (χ3v) is 1.98. The van der Waals surface area contributed by atoms with E-state index < -0.39 is 0 Å². The van der Waals surface area contributed by atoms with Crippen LogP contribution in [0.1, 0.15) is 33.8 Å². The SMILES string of the molecule is C.[CH2-]CNc1[c-]ccc(C(C)(C)C)c1.[Y]. The average Bonchev–Trinajstić information content (AvgIpc) is 2.04. The van der Waals surface area contributed by atoms with Crippen molar-refractivity contribution in [2.24, 2.45) is 0 Å². The fourth-order valence-corrected chi connectivity index (χ4v) is 1.17. The van der Waals surface area contributed by atoms with Gasteiger partial charge in [-0.25, -0.2) is 0 Å². The van der Waals surface area contributed by atoms with Crippen molar-refractivity contribution in [2.45, 2.75) is 33.6 Å². The summed E-state index contributed by atoms with van der Waals surface area (Å²) in [7, 11) is 0. The topological polar surface area (TPSA) is 12.0 Å². The van der Waals surface area contributed by atoms with Crippen LogP contribution in [0.25, 0.3) is 0 Å². The molecule has 1 N–H and O–H groups in total. The number of rotatable bonds is 2. The van der Waals surface area contributed by atoms with E-state index in [1.807, 2.05) is 6.07 Å². The summed E-state index contributed by atoms with van der Waals surface area (Å²) in [6, 6.07) is 9.32. The van der Waals surface area contributed by atoms with E-state index in [1.54, 1.807) is 0 Å². The fourth-order valence-electron chi connectivity index (χ4n) is 1.17. The Labute approximate surface area is 120 Å². The first-order chi connectivity index (χ1) is 6.04. The van der Waals surface area contributed by atoms with Crippen LogP contribution in [-0.2, 0) is 38.1 Å². The minimum absolute atomic E-state index is 0. The maximum absolute atomic E-state index is 3.74. The van der Waals surface area contributed by atoms with Gasteiger partial charge < -0.3 is 12.2 Å². The molecule has 15 heavy (non-hydrogen) atoms. The summed E-state index contributed by atoms with van der Waals surface area (Å²) in [5.41, 5.74) is 2.55. The van der Waals surface area contributed by atoms with Gasteiger partial charge in [-0.3, -0.25) is 0 Å². The molecule has 0 aromatic heterocycles. The van der Waals surface area contributed by atoms with Crippen LogP contribution in [0.4, 0.5) is 5.69 Å². The van der Waals surface area contributed by atoms with Gasteiger partial charge in [-0.15, -0.1) is 12.6 Å². The fraction of sp³-hybridized carbons (Fsp3) is 0.462. The van der Waals surface area contributed by atoms with Crippen molar-refractivity contribution in [3.8, 4) is 0 Å². The monoisotopic (exact) mass is 280 g/mol. The van der Waals surface area contributed by atoms with Crippen LogP contribution in [0.5, 0.6) is 0 Å². The predicted octanol–water partition coefficient (Wildman–Crippen LogP) is 3.66. The maximum atomic E-state index is 3.74. The molecular formula is C13H21NY-2. The van der Waals surface area contributed by atoms with Crippen LogP contribution in [0, 0.1) is 13.0 Å². The predicted molar refractivity (Wildman–Crippen MR) is 64.6 cm³/mol. The molecule has 0 saturated carbocycles. The summed E-state index contributed by atoms with van der Waals surface area (Å²) in [5.74, 6) is 0. The van der Waals surface area contributed by atoms with Crippen LogP contribution >= 0.6 is 0 Å². The average molecular weight is 280 g/mol. The van der Waals surface area contributed by atoms with Crippen molar-refractivity contribution < 1.29 is 32.7 Å². The Hall–Kier alpha value is 0.124. The van der Waals surface area contributed by atoms with E-state index in [0.717, 1.165) is 5.69 Å². The second-order valence-corrected chi connectivity index (χ2v) is 4.17. The smallest absolute Gasteiger partial charge is 0 e. The van der Waals surface area contributed by atoms with Gasteiger partial charge in [0.2, 0.25) is 0 Å². The van der Waals surface area contributed by atoms with Crippen molar-refractivity contribution in [3.63, 3.8) is 0 Å². The van der Waals surface area contributed by atoms with Crippen LogP contribution in [0.2, 0.25) is 0 Å². The van der Waals surface area contributed by atoms with E-state index in [9.17, 15) is 0 Å². The van der Waals surface area contributed by atoms with E-state index in [2.05, 4.69) is 51.2 Å². The van der Waals surface area contributed by atoms with Gasteiger partial charge in [0.1, 0.15) is 0 Å². The van der Waals surface area contributed by atoms with Crippen molar-refractivity contribution in [1.82, 2.24) is 0 Å². The first-order valence-corrected chi connectivity index (χ1v) is 4.59. The number of benzene rings is 1. The summed E-state index contributed by atoms with van der Waals surface area (Å²) >= 11 is 0. The Morgan fingerprint density at radius 2 is 2.00 bits per heavy atom. The number of nitrogens with one attached hydrogen (secondary N) is 1. The first-order valence-electron chi connectivity index (χ1n) is 4.59. The molecule has 1 aromatic carbocycles. The molecule has 0 fully saturated rings. The first kappa shape index (κ1) is 17.5. The van der Waals surface area contributed by atoms with E-state index in [0.29, 0.717) is 6.54 Å². The van der Waals surface area contributed by atoms with Crippen LogP contribution in [0.15, 0.2) is 18.2 Å². The third kappa shape index (κ3) is 5.68. The Morgan fingerprint density at radius 1 is 1.40 bits per heavy atom. The van der Waals surface area contributed by atoms with E-state index in [1.165, 1.54) is 5.56 Å². The largest absolute Gasteiger partial charge is 0.436 e. The van der Waals surface area contributed by atoms with Crippen LogP contribution in [-0.4, -0.2) is 6.54 Å². The van der Waals surface area contributed by atoms with Gasteiger partial charge in [0.25, 0.3) is 0 Å². The van der Waals surface area contributed by atoms with Crippen LogP contribution in [0.3, 0.4) is 0 Å². The summed E-state index contributed by atoms with van der Waals surface area (Å²) in [5, 5.41) is 3.15. The van der Waals surface area contributed by atoms with Crippen molar-refractivity contribution in [3.05, 3.63) is 36.8 Å². The zero-order chi connectivity index (χ0) is 9.90. The minimum Gasteiger partial charge on any atom is -0.436 e. The summed E-state index contributed by atoms with van der Waals surface area (Å²) in [6.07, 6.45) is 0. The maximum Gasteiger partial charge on any atom is 0 e. The normalized spacial score (nSPS) is 9.87. The molecule has 0 saturated heterocycles. The molecule has 0 unspecified atom stereocenters. The zero-order valence-corrected chi connectivity index (χ0v) is 12.1. The van der Waals surface area contributed by atoms with Gasteiger partial charge in [0.05, 0.1) is 0 Å². The van der Waals surface area contributed by atoms with Gasteiger partial charge in [-0.2, -0.15) is 23.8 Å². The molecular weight excluding hydrogens is 259 g/mol. The Morgan fingerprint density at radius 3 is 2.47 bits per heavy atom. The van der Waals surface area contributed by atoms with Crippen LogP contribution < -0.4 is 5.32 Å². The Kier molecular flexibility index (Phi) is 8.65. The molecule has 1 nitrogen and oxygen atoms in total. The molecule has 0 atom stereocenters. The van der Waals surface area contributed by atoms with E-state index in [4.69, 9.17) is 0 Å². The van der Waals surface area contributed by atoms with Gasteiger partial charge in [-0.1, -0.05) is 33.9 Å². The summed E-state index contributed by atoms with van der Waals surface area (Å²) < 4.78 is 0. The molecule has 0 amide bonds. The molecule has 83 valence electrons. The summed E-state index contributed by atoms with van der Waals surface area (Å²) in [6.45, 7) is 11.1. The molecule has 1 rings (SSSR count). The van der Waals surface area contributed by atoms with Gasteiger partial charge in [0, 0.05) is 32.7 Å². The summed E-state index contributed by atoms with van der Waals surface area (Å²) in [4.78, 5) is 0. The van der Waals surface area contributed by atoms with Gasteiger partial charge >= 0.3 is 0 Å². The second kappa shape index (κ2) is 7.41. The molecule has 2 heteroatoms. The number of hydrogen-bond donors (Lipinski definition) is 1. The van der Waals surface area contributed by atoms with Crippen molar-refractivity contribution in [2.75, 3.05) is 11.9 Å². The molecule has 0 heterocycles. The van der Waals surface area contributed by atoms with Gasteiger partial charge in [-0.05, 0) is 5.41 Å². The second-order valence-electron chi connectivity index (χ2n) is 4.17. The third-order valence-electron chi connectivity index (χ3n) is 1.98. The van der Waals surface area contributed by atoms with Gasteiger partial charge in [0.15, 0.2) is 0 Å².